The number of aliphatic hydroxyl groups excluding tert-OH is 1. The first kappa shape index (κ1) is 13.6. The molecule has 2 nitrogen and oxygen atoms in total. The SMILES string of the molecule is CN(Cc1ccc2c(c1)CCC2)CC(C)(C)CO. The van der Waals surface area contributed by atoms with Crippen LogP contribution in [0, 0.1) is 5.41 Å². The van der Waals surface area contributed by atoms with Gasteiger partial charge in [-0.05, 0) is 43.0 Å². The molecule has 18 heavy (non-hydrogen) atoms. The molecule has 1 aromatic rings. The van der Waals surface area contributed by atoms with Gasteiger partial charge in [0, 0.05) is 25.1 Å². The molecule has 2 heteroatoms. The molecular weight excluding hydrogens is 222 g/mol. The van der Waals surface area contributed by atoms with Crippen molar-refractivity contribution in [3.05, 3.63) is 34.9 Å². The third kappa shape index (κ3) is 3.33. The van der Waals surface area contributed by atoms with E-state index in [1.54, 1.807) is 5.56 Å². The molecule has 0 spiro atoms. The second kappa shape index (κ2) is 5.41. The maximum atomic E-state index is 9.31. The molecule has 0 saturated carbocycles. The van der Waals surface area contributed by atoms with Crippen LogP contribution in [0.25, 0.3) is 0 Å². The number of hydrogen-bond donors (Lipinski definition) is 1. The van der Waals surface area contributed by atoms with Gasteiger partial charge in [-0.1, -0.05) is 32.0 Å². The van der Waals surface area contributed by atoms with Gasteiger partial charge >= 0.3 is 0 Å². The predicted molar refractivity (Wildman–Crippen MR) is 75.7 cm³/mol. The largest absolute Gasteiger partial charge is 0.396 e. The molecule has 2 rings (SSSR count). The molecular formula is C16H25NO. The van der Waals surface area contributed by atoms with E-state index in [1.165, 1.54) is 30.4 Å². The van der Waals surface area contributed by atoms with Crippen molar-refractivity contribution in [1.82, 2.24) is 4.90 Å². The second-order valence-corrected chi connectivity index (χ2v) is 6.45. The van der Waals surface area contributed by atoms with E-state index in [4.69, 9.17) is 0 Å². The van der Waals surface area contributed by atoms with Crippen LogP contribution in [0.1, 0.15) is 37.0 Å². The summed E-state index contributed by atoms with van der Waals surface area (Å²) < 4.78 is 0. The van der Waals surface area contributed by atoms with Crippen molar-refractivity contribution in [3.63, 3.8) is 0 Å². The number of hydrogen-bond acceptors (Lipinski definition) is 2. The topological polar surface area (TPSA) is 23.5 Å². The van der Waals surface area contributed by atoms with E-state index in [1.807, 2.05) is 0 Å². The van der Waals surface area contributed by atoms with Crippen molar-refractivity contribution >= 4 is 0 Å². The first-order chi connectivity index (χ1) is 8.50. The van der Waals surface area contributed by atoms with E-state index >= 15 is 0 Å². The molecule has 0 radical (unpaired) electrons. The minimum atomic E-state index is -0.0223. The van der Waals surface area contributed by atoms with Crippen LogP contribution in [0.15, 0.2) is 18.2 Å². The minimum Gasteiger partial charge on any atom is -0.396 e. The molecule has 1 aliphatic rings. The van der Waals surface area contributed by atoms with Gasteiger partial charge in [0.15, 0.2) is 0 Å². The van der Waals surface area contributed by atoms with Crippen LogP contribution in [-0.4, -0.2) is 30.2 Å². The smallest absolute Gasteiger partial charge is 0.0494 e. The number of benzene rings is 1. The van der Waals surface area contributed by atoms with E-state index in [9.17, 15) is 5.11 Å². The molecule has 100 valence electrons. The van der Waals surface area contributed by atoms with Crippen molar-refractivity contribution in [1.29, 1.82) is 0 Å². The maximum Gasteiger partial charge on any atom is 0.0494 e. The Morgan fingerprint density at radius 3 is 2.67 bits per heavy atom. The highest BCUT2D eigenvalue weighted by atomic mass is 16.3. The Bertz CT molecular complexity index is 412. The lowest BCUT2D eigenvalue weighted by Crippen LogP contribution is -2.33. The lowest BCUT2D eigenvalue weighted by atomic mass is 9.94. The van der Waals surface area contributed by atoms with Crippen LogP contribution < -0.4 is 0 Å². The third-order valence-electron chi connectivity index (χ3n) is 3.74. The molecule has 0 atom stereocenters. The van der Waals surface area contributed by atoms with E-state index < -0.39 is 0 Å². The highest BCUT2D eigenvalue weighted by Gasteiger charge is 2.19. The Morgan fingerprint density at radius 2 is 1.94 bits per heavy atom. The van der Waals surface area contributed by atoms with Gasteiger partial charge in [-0.25, -0.2) is 0 Å². The fourth-order valence-corrected chi connectivity index (χ4v) is 2.87. The van der Waals surface area contributed by atoms with Crippen LogP contribution in [0.5, 0.6) is 0 Å². The maximum absolute atomic E-state index is 9.31. The summed E-state index contributed by atoms with van der Waals surface area (Å²) >= 11 is 0. The lowest BCUT2D eigenvalue weighted by Gasteiger charge is -2.28. The molecule has 0 amide bonds. The summed E-state index contributed by atoms with van der Waals surface area (Å²) in [5, 5.41) is 9.31. The fraction of sp³-hybridized carbons (Fsp3) is 0.625. The van der Waals surface area contributed by atoms with Crippen molar-refractivity contribution < 1.29 is 5.11 Å². The molecule has 1 aromatic carbocycles. The number of aryl methyl sites for hydroxylation is 2. The number of aliphatic hydroxyl groups is 1. The third-order valence-corrected chi connectivity index (χ3v) is 3.74. The zero-order valence-electron chi connectivity index (χ0n) is 11.9. The van der Waals surface area contributed by atoms with Crippen LogP contribution in [-0.2, 0) is 19.4 Å². The molecule has 0 aliphatic heterocycles. The summed E-state index contributed by atoms with van der Waals surface area (Å²) in [6, 6.07) is 6.92. The first-order valence-electron chi connectivity index (χ1n) is 6.90. The Balaban J connectivity index is 1.97. The lowest BCUT2D eigenvalue weighted by molar-refractivity contribution is 0.112. The van der Waals surface area contributed by atoms with Crippen LogP contribution >= 0.6 is 0 Å². The average Bonchev–Trinajstić information content (AvgIpc) is 2.75. The highest BCUT2D eigenvalue weighted by molar-refractivity contribution is 5.35. The van der Waals surface area contributed by atoms with E-state index in [0.29, 0.717) is 0 Å². The summed E-state index contributed by atoms with van der Waals surface area (Å²) in [6.45, 7) is 6.33. The van der Waals surface area contributed by atoms with Gasteiger partial charge in [0.25, 0.3) is 0 Å². The van der Waals surface area contributed by atoms with Crippen LogP contribution in [0.3, 0.4) is 0 Å². The minimum absolute atomic E-state index is 0.0223. The quantitative estimate of drug-likeness (QED) is 0.864. The van der Waals surface area contributed by atoms with Gasteiger partial charge in [-0.15, -0.1) is 0 Å². The molecule has 0 bridgehead atoms. The van der Waals surface area contributed by atoms with Crippen LogP contribution in [0.2, 0.25) is 0 Å². The summed E-state index contributed by atoms with van der Waals surface area (Å²) in [5.74, 6) is 0. The summed E-state index contributed by atoms with van der Waals surface area (Å²) in [6.07, 6.45) is 3.81. The second-order valence-electron chi connectivity index (χ2n) is 6.45. The fourth-order valence-electron chi connectivity index (χ4n) is 2.87. The van der Waals surface area contributed by atoms with Crippen molar-refractivity contribution in [2.75, 3.05) is 20.2 Å². The Morgan fingerprint density at radius 1 is 1.22 bits per heavy atom. The Labute approximate surface area is 111 Å². The molecule has 0 saturated heterocycles. The number of fused-ring (bicyclic) bond motifs is 1. The molecule has 0 heterocycles. The molecule has 0 unspecified atom stereocenters. The van der Waals surface area contributed by atoms with Gasteiger partial charge in [0.05, 0.1) is 0 Å². The standard InChI is InChI=1S/C16H25NO/c1-16(2,12-18)11-17(3)10-13-7-8-14-5-4-6-15(14)9-13/h7-9,18H,4-6,10-12H2,1-3H3. The number of rotatable bonds is 5. The van der Waals surface area contributed by atoms with Crippen molar-refractivity contribution in [2.45, 2.75) is 39.7 Å². The van der Waals surface area contributed by atoms with Crippen molar-refractivity contribution in [3.8, 4) is 0 Å². The van der Waals surface area contributed by atoms with E-state index in [-0.39, 0.29) is 12.0 Å². The zero-order chi connectivity index (χ0) is 13.2. The highest BCUT2D eigenvalue weighted by Crippen LogP contribution is 2.24. The van der Waals surface area contributed by atoms with Gasteiger partial charge in [-0.3, -0.25) is 0 Å². The summed E-state index contributed by atoms with van der Waals surface area (Å²) in [5.41, 5.74) is 4.46. The van der Waals surface area contributed by atoms with Gasteiger partial charge in [0.1, 0.15) is 0 Å². The van der Waals surface area contributed by atoms with Crippen LogP contribution in [0.4, 0.5) is 0 Å². The summed E-state index contributed by atoms with van der Waals surface area (Å²) in [4.78, 5) is 2.30. The van der Waals surface area contributed by atoms with Gasteiger partial charge in [-0.2, -0.15) is 0 Å². The normalized spacial score (nSPS) is 15.2. The van der Waals surface area contributed by atoms with E-state index in [0.717, 1.165) is 13.1 Å². The van der Waals surface area contributed by atoms with Gasteiger partial charge < -0.3 is 10.0 Å². The first-order valence-corrected chi connectivity index (χ1v) is 6.90. The Hall–Kier alpha value is -0.860. The van der Waals surface area contributed by atoms with Crippen molar-refractivity contribution in [2.24, 2.45) is 5.41 Å². The monoisotopic (exact) mass is 247 g/mol. The summed E-state index contributed by atoms with van der Waals surface area (Å²) in [7, 11) is 2.13. The molecule has 1 aliphatic carbocycles. The molecule has 0 aromatic heterocycles. The van der Waals surface area contributed by atoms with Gasteiger partial charge in [0.2, 0.25) is 0 Å². The predicted octanol–water partition coefficient (Wildman–Crippen LogP) is 2.63. The molecule has 0 fully saturated rings. The Kier molecular flexibility index (Phi) is 4.08. The number of nitrogens with zero attached hydrogens (tertiary/aromatic N) is 1. The van der Waals surface area contributed by atoms with E-state index in [2.05, 4.69) is 44.0 Å². The average molecular weight is 247 g/mol. The molecule has 1 N–H and O–H groups in total. The zero-order valence-corrected chi connectivity index (χ0v) is 11.9.